The molecule has 1 heterocycles. The van der Waals surface area contributed by atoms with Crippen molar-refractivity contribution in [3.63, 3.8) is 0 Å². The smallest absolute Gasteiger partial charge is 0.242 e. The van der Waals surface area contributed by atoms with E-state index >= 15 is 0 Å². The van der Waals surface area contributed by atoms with Crippen molar-refractivity contribution < 1.29 is 19.2 Å². The number of hydrogen-bond donors (Lipinski definition) is 1. The number of amides is 4. The van der Waals surface area contributed by atoms with Crippen LogP contribution in [0.25, 0.3) is 0 Å². The molecule has 1 aliphatic carbocycles. The maximum absolute atomic E-state index is 13.3. The first-order chi connectivity index (χ1) is 15.9. The third-order valence-corrected chi connectivity index (χ3v) is 6.76. The quantitative estimate of drug-likeness (QED) is 0.446. The number of carbonyl (C=O) groups is 4. The van der Waals surface area contributed by atoms with Crippen LogP contribution in [0.2, 0.25) is 10.0 Å². The molecule has 1 aromatic rings. The van der Waals surface area contributed by atoms with Crippen LogP contribution in [0.1, 0.15) is 52.5 Å². The van der Waals surface area contributed by atoms with Gasteiger partial charge in [-0.05, 0) is 58.2 Å². The Bertz CT molecular complexity index is 992. The second-order valence-electron chi connectivity index (χ2n) is 9.91. The largest absolute Gasteiger partial charge is 0.350 e. The minimum Gasteiger partial charge on any atom is -0.350 e. The van der Waals surface area contributed by atoms with Gasteiger partial charge < -0.3 is 10.2 Å². The van der Waals surface area contributed by atoms with Crippen molar-refractivity contribution in [1.82, 2.24) is 15.1 Å². The fourth-order valence-electron chi connectivity index (χ4n) is 4.33. The van der Waals surface area contributed by atoms with Gasteiger partial charge >= 0.3 is 0 Å². The molecule has 1 aromatic carbocycles. The standard InChI is InChI=1S/C25H31Cl2N3O4/c1-15(22(32)28-25(2,3)4)30(14-16-9-10-17(26)13-20(16)27)21(31)11-12-29-23(33)18-7-5-6-8-19(18)24(29)34/h5-6,9-10,13,15,18-19H,7-8,11-12,14H2,1-4H3,(H,28,32)/t15-,18-,19+/m1/s1. The Morgan fingerprint density at radius 1 is 1.12 bits per heavy atom. The van der Waals surface area contributed by atoms with Crippen LogP contribution in [0, 0.1) is 11.8 Å². The number of nitrogens with one attached hydrogen (secondary N) is 1. The summed E-state index contributed by atoms with van der Waals surface area (Å²) in [6.45, 7) is 7.30. The lowest BCUT2D eigenvalue weighted by Gasteiger charge is -2.32. The zero-order valence-electron chi connectivity index (χ0n) is 19.9. The van der Waals surface area contributed by atoms with Crippen LogP contribution < -0.4 is 5.32 Å². The van der Waals surface area contributed by atoms with Crippen LogP contribution in [-0.2, 0) is 25.7 Å². The average Bonchev–Trinajstić information content (AvgIpc) is 3.00. The number of likely N-dealkylation sites (tertiary alicyclic amines) is 1. The van der Waals surface area contributed by atoms with Gasteiger partial charge in [0.1, 0.15) is 6.04 Å². The lowest BCUT2D eigenvalue weighted by atomic mass is 9.85. The third kappa shape index (κ3) is 5.99. The van der Waals surface area contributed by atoms with Crippen LogP contribution in [0.15, 0.2) is 30.4 Å². The number of fused-ring (bicyclic) bond motifs is 1. The van der Waals surface area contributed by atoms with Gasteiger partial charge in [0.05, 0.1) is 11.8 Å². The van der Waals surface area contributed by atoms with E-state index in [0.29, 0.717) is 28.5 Å². The zero-order chi connectivity index (χ0) is 25.2. The van der Waals surface area contributed by atoms with Crippen molar-refractivity contribution in [2.24, 2.45) is 11.8 Å². The third-order valence-electron chi connectivity index (χ3n) is 6.17. The van der Waals surface area contributed by atoms with Crippen molar-refractivity contribution in [3.05, 3.63) is 46.0 Å². The minimum atomic E-state index is -0.796. The molecule has 7 nitrogen and oxygen atoms in total. The topological polar surface area (TPSA) is 86.8 Å². The van der Waals surface area contributed by atoms with Gasteiger partial charge in [0, 0.05) is 35.1 Å². The van der Waals surface area contributed by atoms with Crippen LogP contribution in [-0.4, -0.2) is 51.6 Å². The number of imide groups is 1. The molecule has 0 bridgehead atoms. The first-order valence-corrected chi connectivity index (χ1v) is 12.2. The molecule has 0 radical (unpaired) electrons. The molecule has 0 spiro atoms. The van der Waals surface area contributed by atoms with Crippen LogP contribution in [0.3, 0.4) is 0 Å². The summed E-state index contributed by atoms with van der Waals surface area (Å²) in [6.07, 6.45) is 4.86. The fraction of sp³-hybridized carbons (Fsp3) is 0.520. The zero-order valence-corrected chi connectivity index (χ0v) is 21.4. The van der Waals surface area contributed by atoms with Gasteiger partial charge in [-0.3, -0.25) is 24.1 Å². The summed E-state index contributed by atoms with van der Waals surface area (Å²) in [5.74, 6) is -1.79. The van der Waals surface area contributed by atoms with Crippen molar-refractivity contribution in [1.29, 1.82) is 0 Å². The van der Waals surface area contributed by atoms with E-state index in [9.17, 15) is 19.2 Å². The van der Waals surface area contributed by atoms with Gasteiger partial charge in [-0.2, -0.15) is 0 Å². The molecule has 2 aliphatic rings. The normalized spacial score (nSPS) is 20.8. The summed E-state index contributed by atoms with van der Waals surface area (Å²) in [6, 6.07) is 4.17. The molecule has 0 saturated carbocycles. The van der Waals surface area contributed by atoms with E-state index in [1.807, 2.05) is 32.9 Å². The van der Waals surface area contributed by atoms with E-state index < -0.39 is 11.6 Å². The Morgan fingerprint density at radius 2 is 1.71 bits per heavy atom. The van der Waals surface area contributed by atoms with Gasteiger partial charge in [0.15, 0.2) is 0 Å². The van der Waals surface area contributed by atoms with Crippen molar-refractivity contribution in [2.45, 2.75) is 65.1 Å². The second kappa shape index (κ2) is 10.5. The van der Waals surface area contributed by atoms with Crippen molar-refractivity contribution in [2.75, 3.05) is 6.54 Å². The summed E-state index contributed by atoms with van der Waals surface area (Å²) in [7, 11) is 0. The fourth-order valence-corrected chi connectivity index (χ4v) is 4.80. The maximum Gasteiger partial charge on any atom is 0.242 e. The Morgan fingerprint density at radius 3 is 2.24 bits per heavy atom. The maximum atomic E-state index is 13.3. The van der Waals surface area contributed by atoms with Gasteiger partial charge in [-0.25, -0.2) is 0 Å². The van der Waals surface area contributed by atoms with Gasteiger partial charge in [-0.1, -0.05) is 41.4 Å². The second-order valence-corrected chi connectivity index (χ2v) is 10.8. The highest BCUT2D eigenvalue weighted by molar-refractivity contribution is 6.35. The van der Waals surface area contributed by atoms with Gasteiger partial charge in [0.2, 0.25) is 23.6 Å². The first-order valence-electron chi connectivity index (χ1n) is 11.4. The highest BCUT2D eigenvalue weighted by Gasteiger charge is 2.47. The number of allylic oxidation sites excluding steroid dienone is 2. The number of nitrogens with zero attached hydrogens (tertiary/aromatic N) is 2. The average molecular weight is 508 g/mol. The molecule has 1 aliphatic heterocycles. The molecule has 1 N–H and O–H groups in total. The van der Waals surface area contributed by atoms with Gasteiger partial charge in [-0.15, -0.1) is 0 Å². The van der Waals surface area contributed by atoms with Crippen molar-refractivity contribution >= 4 is 46.8 Å². The van der Waals surface area contributed by atoms with E-state index in [-0.39, 0.29) is 55.0 Å². The molecule has 3 atom stereocenters. The highest BCUT2D eigenvalue weighted by Crippen LogP contribution is 2.35. The van der Waals surface area contributed by atoms with E-state index in [1.165, 1.54) is 9.80 Å². The number of halogens is 2. The Kier molecular flexibility index (Phi) is 8.09. The first kappa shape index (κ1) is 26.2. The minimum absolute atomic E-state index is 0.0119. The van der Waals surface area contributed by atoms with E-state index in [0.717, 1.165) is 0 Å². The number of carbonyl (C=O) groups excluding carboxylic acids is 4. The molecule has 4 amide bonds. The van der Waals surface area contributed by atoms with E-state index in [1.54, 1.807) is 25.1 Å². The molecular weight excluding hydrogens is 477 g/mol. The van der Waals surface area contributed by atoms with E-state index in [2.05, 4.69) is 5.32 Å². The summed E-state index contributed by atoms with van der Waals surface area (Å²) < 4.78 is 0. The Labute approximate surface area is 210 Å². The predicted octanol–water partition coefficient (Wildman–Crippen LogP) is 3.97. The molecule has 184 valence electrons. The molecular formula is C25H31Cl2N3O4. The van der Waals surface area contributed by atoms with Gasteiger partial charge in [0.25, 0.3) is 0 Å². The summed E-state index contributed by atoms with van der Waals surface area (Å²) in [4.78, 5) is 54.4. The number of rotatable bonds is 7. The summed E-state index contributed by atoms with van der Waals surface area (Å²) in [5, 5.41) is 3.75. The van der Waals surface area contributed by atoms with Crippen LogP contribution in [0.4, 0.5) is 0 Å². The lowest BCUT2D eigenvalue weighted by Crippen LogP contribution is -2.52. The predicted molar refractivity (Wildman–Crippen MR) is 131 cm³/mol. The van der Waals surface area contributed by atoms with E-state index in [4.69, 9.17) is 23.2 Å². The molecule has 1 fully saturated rings. The highest BCUT2D eigenvalue weighted by atomic mass is 35.5. The SMILES string of the molecule is C[C@H](C(=O)NC(C)(C)C)N(Cc1ccc(Cl)cc1Cl)C(=O)CCN1C(=O)[C@H]2CC=CC[C@H]2C1=O. The summed E-state index contributed by atoms with van der Waals surface area (Å²) in [5.41, 5.74) is 0.164. The molecule has 0 aromatic heterocycles. The molecule has 3 rings (SSSR count). The van der Waals surface area contributed by atoms with Crippen molar-refractivity contribution in [3.8, 4) is 0 Å². The lowest BCUT2D eigenvalue weighted by molar-refractivity contribution is -0.144. The monoisotopic (exact) mass is 507 g/mol. The van der Waals surface area contributed by atoms with Crippen LogP contribution >= 0.6 is 23.2 Å². The Balaban J connectivity index is 1.76. The molecule has 0 unspecified atom stereocenters. The molecule has 1 saturated heterocycles. The molecule has 34 heavy (non-hydrogen) atoms. The van der Waals surface area contributed by atoms with Crippen LogP contribution in [0.5, 0.6) is 0 Å². The molecule has 9 heteroatoms. The Hall–Kier alpha value is -2.38. The summed E-state index contributed by atoms with van der Waals surface area (Å²) >= 11 is 12.3. The number of benzene rings is 1. The number of hydrogen-bond acceptors (Lipinski definition) is 4.